The van der Waals surface area contributed by atoms with Gasteiger partial charge in [0.05, 0.1) is 13.7 Å². The number of benzene rings is 2. The number of piperazine rings is 1. The van der Waals surface area contributed by atoms with Crippen molar-refractivity contribution < 1.29 is 9.53 Å². The van der Waals surface area contributed by atoms with Gasteiger partial charge in [0.15, 0.2) is 0 Å². The van der Waals surface area contributed by atoms with Crippen LogP contribution in [0.25, 0.3) is 0 Å². The maximum Gasteiger partial charge on any atom is 0.236 e. The second kappa shape index (κ2) is 9.92. The van der Waals surface area contributed by atoms with E-state index in [1.807, 2.05) is 43.4 Å². The summed E-state index contributed by atoms with van der Waals surface area (Å²) in [7, 11) is 3.54. The molecular formula is C22H28ClN3O2. The zero-order chi connectivity index (χ0) is 19.9. The minimum Gasteiger partial charge on any atom is -0.497 e. The molecule has 0 saturated carbocycles. The number of hydrogen-bond acceptors (Lipinski definition) is 4. The minimum absolute atomic E-state index is 0.151. The number of carbonyl (C=O) groups is 1. The predicted octanol–water partition coefficient (Wildman–Crippen LogP) is 3.12. The lowest BCUT2D eigenvalue weighted by Gasteiger charge is -2.35. The van der Waals surface area contributed by atoms with E-state index in [-0.39, 0.29) is 5.91 Å². The van der Waals surface area contributed by atoms with Gasteiger partial charge in [-0.3, -0.25) is 14.6 Å². The van der Waals surface area contributed by atoms with Crippen LogP contribution in [-0.2, 0) is 17.9 Å². The Kier molecular flexibility index (Phi) is 7.31. The zero-order valence-electron chi connectivity index (χ0n) is 16.6. The summed E-state index contributed by atoms with van der Waals surface area (Å²) in [5.74, 6) is 1.04. The van der Waals surface area contributed by atoms with Crippen LogP contribution in [0.5, 0.6) is 5.75 Å². The molecule has 1 heterocycles. The molecule has 0 aliphatic carbocycles. The topological polar surface area (TPSA) is 36.0 Å². The fourth-order valence-electron chi connectivity index (χ4n) is 3.36. The molecule has 0 unspecified atom stereocenters. The van der Waals surface area contributed by atoms with Crippen molar-refractivity contribution >= 4 is 17.5 Å². The monoisotopic (exact) mass is 401 g/mol. The molecule has 0 aromatic heterocycles. The van der Waals surface area contributed by atoms with E-state index in [1.54, 1.807) is 12.0 Å². The zero-order valence-corrected chi connectivity index (χ0v) is 17.4. The Morgan fingerprint density at radius 1 is 0.964 bits per heavy atom. The van der Waals surface area contributed by atoms with Crippen molar-refractivity contribution in [2.45, 2.75) is 13.1 Å². The van der Waals surface area contributed by atoms with Crippen LogP contribution < -0.4 is 4.74 Å². The number of nitrogens with zero attached hydrogens (tertiary/aromatic N) is 3. The highest BCUT2D eigenvalue weighted by Crippen LogP contribution is 2.15. The summed E-state index contributed by atoms with van der Waals surface area (Å²) in [5, 5.41) is 0.713. The fourth-order valence-corrected chi connectivity index (χ4v) is 3.48. The van der Waals surface area contributed by atoms with Gasteiger partial charge in [0, 0.05) is 51.3 Å². The first-order valence-corrected chi connectivity index (χ1v) is 9.97. The Labute approximate surface area is 172 Å². The first-order chi connectivity index (χ1) is 13.5. The number of rotatable bonds is 7. The van der Waals surface area contributed by atoms with Gasteiger partial charge in [-0.25, -0.2) is 0 Å². The lowest BCUT2D eigenvalue weighted by Crippen LogP contribution is -2.49. The Morgan fingerprint density at radius 3 is 2.14 bits per heavy atom. The molecule has 1 fully saturated rings. The highest BCUT2D eigenvalue weighted by Gasteiger charge is 2.20. The van der Waals surface area contributed by atoms with Crippen LogP contribution in [0.2, 0.25) is 5.02 Å². The first kappa shape index (κ1) is 20.6. The molecule has 6 heteroatoms. The van der Waals surface area contributed by atoms with Crippen molar-refractivity contribution in [3.63, 3.8) is 0 Å². The SMILES string of the molecule is COc1ccc(CN2CCN(CC(=O)N(C)Cc3ccc(Cl)cc3)CC2)cc1. The number of halogens is 1. The third kappa shape index (κ3) is 5.96. The maximum absolute atomic E-state index is 12.5. The standard InChI is InChI=1S/C22H28ClN3O2/c1-24(15-18-3-7-20(23)8-4-18)22(27)17-26-13-11-25(12-14-26)16-19-5-9-21(28-2)10-6-19/h3-10H,11-17H2,1-2H3. The molecule has 5 nitrogen and oxygen atoms in total. The fraction of sp³-hybridized carbons (Fsp3) is 0.409. The number of likely N-dealkylation sites (N-methyl/N-ethyl adjacent to an activating group) is 1. The highest BCUT2D eigenvalue weighted by atomic mass is 35.5. The molecule has 1 saturated heterocycles. The Balaban J connectivity index is 1.41. The van der Waals surface area contributed by atoms with Gasteiger partial charge in [0.1, 0.15) is 5.75 Å². The van der Waals surface area contributed by atoms with E-state index < -0.39 is 0 Å². The van der Waals surface area contributed by atoms with Crippen molar-refractivity contribution in [1.82, 2.24) is 14.7 Å². The minimum atomic E-state index is 0.151. The van der Waals surface area contributed by atoms with Gasteiger partial charge in [-0.15, -0.1) is 0 Å². The molecule has 0 N–H and O–H groups in total. The summed E-state index contributed by atoms with van der Waals surface area (Å²) in [6.07, 6.45) is 0. The maximum atomic E-state index is 12.5. The smallest absolute Gasteiger partial charge is 0.236 e. The van der Waals surface area contributed by atoms with Crippen LogP contribution in [0.4, 0.5) is 0 Å². The van der Waals surface area contributed by atoms with Crippen molar-refractivity contribution in [2.24, 2.45) is 0 Å². The largest absolute Gasteiger partial charge is 0.497 e. The summed E-state index contributed by atoms with van der Waals surface area (Å²) < 4.78 is 5.21. The summed E-state index contributed by atoms with van der Waals surface area (Å²) in [4.78, 5) is 19.0. The highest BCUT2D eigenvalue weighted by molar-refractivity contribution is 6.30. The Hall–Kier alpha value is -2.08. The molecule has 0 bridgehead atoms. The van der Waals surface area contributed by atoms with E-state index in [9.17, 15) is 4.79 Å². The quantitative estimate of drug-likeness (QED) is 0.714. The Bertz CT molecular complexity index is 756. The van der Waals surface area contributed by atoms with E-state index in [1.165, 1.54) is 5.56 Å². The van der Waals surface area contributed by atoms with Crippen LogP contribution in [-0.4, -0.2) is 67.5 Å². The van der Waals surface area contributed by atoms with Gasteiger partial charge < -0.3 is 9.64 Å². The molecule has 0 radical (unpaired) electrons. The van der Waals surface area contributed by atoms with Crippen molar-refractivity contribution in [1.29, 1.82) is 0 Å². The molecule has 0 atom stereocenters. The number of amides is 1. The summed E-state index contributed by atoms with van der Waals surface area (Å²) in [6, 6.07) is 15.9. The van der Waals surface area contributed by atoms with Crippen LogP contribution in [0.3, 0.4) is 0 Å². The third-order valence-electron chi connectivity index (χ3n) is 5.15. The van der Waals surface area contributed by atoms with Gasteiger partial charge in [-0.2, -0.15) is 0 Å². The van der Waals surface area contributed by atoms with Gasteiger partial charge in [0.2, 0.25) is 5.91 Å². The van der Waals surface area contributed by atoms with Gasteiger partial charge in [-0.05, 0) is 35.4 Å². The summed E-state index contributed by atoms with van der Waals surface area (Å²) in [6.45, 7) is 5.78. The lowest BCUT2D eigenvalue weighted by atomic mass is 10.2. The molecule has 0 spiro atoms. The van der Waals surface area contributed by atoms with Crippen LogP contribution in [0.15, 0.2) is 48.5 Å². The van der Waals surface area contributed by atoms with Gasteiger partial charge >= 0.3 is 0 Å². The molecule has 1 amide bonds. The van der Waals surface area contributed by atoms with E-state index >= 15 is 0 Å². The van der Waals surface area contributed by atoms with Gasteiger partial charge in [0.25, 0.3) is 0 Å². The van der Waals surface area contributed by atoms with Crippen LogP contribution in [0, 0.1) is 0 Å². The molecule has 150 valence electrons. The second-order valence-electron chi connectivity index (χ2n) is 7.28. The molecule has 1 aliphatic heterocycles. The van der Waals surface area contributed by atoms with Crippen LogP contribution >= 0.6 is 11.6 Å². The average Bonchev–Trinajstić information content (AvgIpc) is 2.71. The Morgan fingerprint density at radius 2 is 1.54 bits per heavy atom. The van der Waals surface area contributed by atoms with Crippen molar-refractivity contribution in [3.05, 3.63) is 64.7 Å². The van der Waals surface area contributed by atoms with E-state index in [4.69, 9.17) is 16.3 Å². The molecule has 2 aromatic rings. The van der Waals surface area contributed by atoms with E-state index in [0.717, 1.165) is 44.0 Å². The predicted molar refractivity (Wildman–Crippen MR) is 113 cm³/mol. The second-order valence-corrected chi connectivity index (χ2v) is 7.71. The molecular weight excluding hydrogens is 374 g/mol. The molecule has 2 aromatic carbocycles. The number of hydrogen-bond donors (Lipinski definition) is 0. The third-order valence-corrected chi connectivity index (χ3v) is 5.40. The lowest BCUT2D eigenvalue weighted by molar-refractivity contribution is -0.132. The normalized spacial score (nSPS) is 15.4. The average molecular weight is 402 g/mol. The molecule has 28 heavy (non-hydrogen) atoms. The summed E-state index contributed by atoms with van der Waals surface area (Å²) in [5.41, 5.74) is 2.37. The van der Waals surface area contributed by atoms with Crippen LogP contribution in [0.1, 0.15) is 11.1 Å². The van der Waals surface area contributed by atoms with Crippen molar-refractivity contribution in [3.8, 4) is 5.75 Å². The van der Waals surface area contributed by atoms with Crippen molar-refractivity contribution in [2.75, 3.05) is 46.9 Å². The number of methoxy groups -OCH3 is 1. The molecule has 3 rings (SSSR count). The van der Waals surface area contributed by atoms with E-state index in [2.05, 4.69) is 21.9 Å². The number of ether oxygens (including phenoxy) is 1. The van der Waals surface area contributed by atoms with Gasteiger partial charge in [-0.1, -0.05) is 35.9 Å². The first-order valence-electron chi connectivity index (χ1n) is 9.59. The van der Waals surface area contributed by atoms with E-state index in [0.29, 0.717) is 18.1 Å². The molecule has 1 aliphatic rings. The number of carbonyl (C=O) groups excluding carboxylic acids is 1. The summed E-state index contributed by atoms with van der Waals surface area (Å²) >= 11 is 5.92.